The second kappa shape index (κ2) is 5.25. The molecule has 0 aromatic heterocycles. The molecule has 1 aromatic carbocycles. The zero-order valence-corrected chi connectivity index (χ0v) is 10.3. The third-order valence-electron chi connectivity index (χ3n) is 2.50. The summed E-state index contributed by atoms with van der Waals surface area (Å²) in [5.41, 5.74) is 1.34. The van der Waals surface area contributed by atoms with Crippen molar-refractivity contribution < 1.29 is 17.6 Å². The molecule has 1 rings (SSSR count). The number of hydrogen-bond donors (Lipinski definition) is 0. The van der Waals surface area contributed by atoms with Gasteiger partial charge in [0.25, 0.3) is 0 Å². The van der Waals surface area contributed by atoms with Crippen LogP contribution in [0.5, 0.6) is 0 Å². The third-order valence-corrected chi connectivity index (χ3v) is 2.97. The van der Waals surface area contributed by atoms with Crippen LogP contribution in [0.3, 0.4) is 0 Å². The minimum absolute atomic E-state index is 0.199. The Bertz CT molecular complexity index is 375. The summed E-state index contributed by atoms with van der Waals surface area (Å²) in [6.45, 7) is 3.14. The van der Waals surface area contributed by atoms with Gasteiger partial charge in [0.1, 0.15) is 5.82 Å². The zero-order valence-electron chi connectivity index (χ0n) is 9.54. The van der Waals surface area contributed by atoms with Crippen LogP contribution >= 0.6 is 11.6 Å². The molecule has 5 heteroatoms. The Labute approximate surface area is 103 Å². The van der Waals surface area contributed by atoms with Crippen molar-refractivity contribution in [2.75, 3.05) is 0 Å². The molecule has 0 nitrogen and oxygen atoms in total. The molecule has 1 aromatic rings. The monoisotopic (exact) mass is 268 g/mol. The van der Waals surface area contributed by atoms with E-state index in [-0.39, 0.29) is 12.2 Å². The number of benzene rings is 1. The van der Waals surface area contributed by atoms with E-state index in [4.69, 9.17) is 11.6 Å². The predicted octanol–water partition coefficient (Wildman–Crippen LogP) is 5.06. The Kier molecular flexibility index (Phi) is 4.42. The molecular formula is C12H13ClF4. The van der Waals surface area contributed by atoms with Crippen LogP contribution in [0.25, 0.3) is 0 Å². The van der Waals surface area contributed by atoms with E-state index in [0.29, 0.717) is 16.7 Å². The summed E-state index contributed by atoms with van der Waals surface area (Å²) in [5, 5.41) is -0.741. The second-order valence-electron chi connectivity index (χ2n) is 4.09. The maximum atomic E-state index is 13.3. The average molecular weight is 269 g/mol. The molecule has 0 aliphatic heterocycles. The molecule has 0 amide bonds. The Balaban J connectivity index is 2.79. The lowest BCUT2D eigenvalue weighted by molar-refractivity contribution is -0.135. The summed E-state index contributed by atoms with van der Waals surface area (Å²) in [4.78, 5) is 0. The molecule has 0 saturated carbocycles. The fraction of sp³-hybridized carbons (Fsp3) is 0.500. The lowest BCUT2D eigenvalue weighted by atomic mass is 10.0. The summed E-state index contributed by atoms with van der Waals surface area (Å²) >= 11 is 5.89. The molecular weight excluding hydrogens is 256 g/mol. The first kappa shape index (κ1) is 14.3. The van der Waals surface area contributed by atoms with Gasteiger partial charge in [-0.25, -0.2) is 4.39 Å². The number of halogens is 5. The molecule has 0 radical (unpaired) electrons. The first-order chi connectivity index (χ1) is 7.70. The molecule has 0 aliphatic carbocycles. The zero-order chi connectivity index (χ0) is 13.2. The van der Waals surface area contributed by atoms with E-state index < -0.39 is 18.0 Å². The normalized spacial score (nSPS) is 13.8. The molecule has 1 unspecified atom stereocenters. The molecule has 0 spiro atoms. The maximum absolute atomic E-state index is 13.3. The van der Waals surface area contributed by atoms with E-state index in [9.17, 15) is 17.6 Å². The molecule has 0 aliphatic rings. The fourth-order valence-electron chi connectivity index (χ4n) is 1.62. The highest BCUT2D eigenvalue weighted by Gasteiger charge is 2.28. The van der Waals surface area contributed by atoms with Gasteiger partial charge in [0, 0.05) is 6.42 Å². The first-order valence-electron chi connectivity index (χ1n) is 5.18. The molecule has 96 valence electrons. The molecule has 1 atom stereocenters. The van der Waals surface area contributed by atoms with Gasteiger partial charge >= 0.3 is 6.18 Å². The van der Waals surface area contributed by atoms with E-state index >= 15 is 0 Å². The van der Waals surface area contributed by atoms with Gasteiger partial charge < -0.3 is 0 Å². The number of alkyl halides is 4. The highest BCUT2D eigenvalue weighted by molar-refractivity contribution is 6.20. The van der Waals surface area contributed by atoms with E-state index in [0.717, 1.165) is 0 Å². The van der Waals surface area contributed by atoms with Crippen LogP contribution in [0.15, 0.2) is 12.1 Å². The first-order valence-corrected chi connectivity index (χ1v) is 5.62. The van der Waals surface area contributed by atoms with Gasteiger partial charge in [0.05, 0.1) is 5.38 Å². The van der Waals surface area contributed by atoms with Gasteiger partial charge in [0.15, 0.2) is 0 Å². The quantitative estimate of drug-likeness (QED) is 0.531. The SMILES string of the molecule is Cc1cc(C(Cl)CCC(F)(F)F)cc(C)c1F. The van der Waals surface area contributed by atoms with Crippen molar-refractivity contribution in [3.05, 3.63) is 34.6 Å². The highest BCUT2D eigenvalue weighted by atomic mass is 35.5. The van der Waals surface area contributed by atoms with Gasteiger partial charge in [-0.05, 0) is 37.0 Å². The summed E-state index contributed by atoms with van der Waals surface area (Å²) in [6, 6.07) is 2.99. The van der Waals surface area contributed by atoms with Crippen LogP contribution in [0, 0.1) is 19.7 Å². The van der Waals surface area contributed by atoms with Gasteiger partial charge in [-0.1, -0.05) is 12.1 Å². The topological polar surface area (TPSA) is 0 Å². The largest absolute Gasteiger partial charge is 0.389 e. The Morgan fingerprint density at radius 1 is 1.18 bits per heavy atom. The predicted molar refractivity (Wildman–Crippen MR) is 59.8 cm³/mol. The van der Waals surface area contributed by atoms with Gasteiger partial charge in [-0.2, -0.15) is 13.2 Å². The summed E-state index contributed by atoms with van der Waals surface area (Å²) in [7, 11) is 0. The summed E-state index contributed by atoms with van der Waals surface area (Å²) < 4.78 is 49.4. The average Bonchev–Trinajstić information content (AvgIpc) is 2.20. The van der Waals surface area contributed by atoms with Crippen LogP contribution in [0.4, 0.5) is 17.6 Å². The fourth-order valence-corrected chi connectivity index (χ4v) is 1.85. The number of aryl methyl sites for hydroxylation is 2. The Morgan fingerprint density at radius 2 is 1.65 bits per heavy atom. The van der Waals surface area contributed by atoms with Crippen LogP contribution in [-0.2, 0) is 0 Å². The third kappa shape index (κ3) is 4.19. The van der Waals surface area contributed by atoms with Crippen molar-refractivity contribution in [2.45, 2.75) is 38.2 Å². The van der Waals surface area contributed by atoms with Crippen LogP contribution in [0.2, 0.25) is 0 Å². The van der Waals surface area contributed by atoms with Crippen molar-refractivity contribution in [3.8, 4) is 0 Å². The lowest BCUT2D eigenvalue weighted by Gasteiger charge is -2.13. The van der Waals surface area contributed by atoms with E-state index in [2.05, 4.69) is 0 Å². The van der Waals surface area contributed by atoms with Crippen LogP contribution in [0.1, 0.15) is 34.9 Å². The van der Waals surface area contributed by atoms with Gasteiger partial charge in [-0.3, -0.25) is 0 Å². The maximum Gasteiger partial charge on any atom is 0.389 e. The molecule has 0 N–H and O–H groups in total. The van der Waals surface area contributed by atoms with E-state index in [1.54, 1.807) is 13.8 Å². The number of rotatable bonds is 3. The van der Waals surface area contributed by atoms with Crippen molar-refractivity contribution in [1.29, 1.82) is 0 Å². The van der Waals surface area contributed by atoms with E-state index in [1.165, 1.54) is 12.1 Å². The molecule has 0 fully saturated rings. The Hall–Kier alpha value is -0.770. The molecule has 0 bridgehead atoms. The minimum Gasteiger partial charge on any atom is -0.206 e. The van der Waals surface area contributed by atoms with Crippen molar-refractivity contribution in [1.82, 2.24) is 0 Å². The van der Waals surface area contributed by atoms with Crippen LogP contribution < -0.4 is 0 Å². The standard InChI is InChI=1S/C12H13ClF4/c1-7-5-9(6-8(2)11(7)14)10(13)3-4-12(15,16)17/h5-6,10H,3-4H2,1-2H3. The van der Waals surface area contributed by atoms with Crippen molar-refractivity contribution in [2.24, 2.45) is 0 Å². The smallest absolute Gasteiger partial charge is 0.206 e. The molecule has 0 heterocycles. The summed E-state index contributed by atoms with van der Waals surface area (Å²) in [6.07, 6.45) is -5.34. The van der Waals surface area contributed by atoms with Crippen molar-refractivity contribution in [3.63, 3.8) is 0 Å². The van der Waals surface area contributed by atoms with Gasteiger partial charge in [-0.15, -0.1) is 11.6 Å². The van der Waals surface area contributed by atoms with Gasteiger partial charge in [0.2, 0.25) is 0 Å². The molecule has 17 heavy (non-hydrogen) atoms. The minimum atomic E-state index is -4.21. The summed E-state index contributed by atoms with van der Waals surface area (Å²) in [5.74, 6) is -0.339. The van der Waals surface area contributed by atoms with Crippen LogP contribution in [-0.4, -0.2) is 6.18 Å². The second-order valence-corrected chi connectivity index (χ2v) is 4.62. The number of hydrogen-bond acceptors (Lipinski definition) is 0. The lowest BCUT2D eigenvalue weighted by Crippen LogP contribution is -2.08. The Morgan fingerprint density at radius 3 is 2.06 bits per heavy atom. The van der Waals surface area contributed by atoms with E-state index in [1.807, 2.05) is 0 Å². The van der Waals surface area contributed by atoms with Crippen molar-refractivity contribution >= 4 is 11.6 Å². The molecule has 0 saturated heterocycles. The highest BCUT2D eigenvalue weighted by Crippen LogP contribution is 2.32.